The summed E-state index contributed by atoms with van der Waals surface area (Å²) in [4.78, 5) is 0.751. The Morgan fingerprint density at radius 1 is 1.50 bits per heavy atom. The molecule has 1 aromatic carbocycles. The fraction of sp³-hybridized carbons (Fsp3) is 0.400. The maximum Gasteiger partial charge on any atom is 0.123 e. The Labute approximate surface area is 84.3 Å². The van der Waals surface area contributed by atoms with Crippen molar-refractivity contribution >= 4 is 9.73 Å². The predicted molar refractivity (Wildman–Crippen MR) is 56.3 cm³/mol. The van der Waals surface area contributed by atoms with E-state index in [9.17, 15) is 4.21 Å². The molecule has 76 valence electrons. The van der Waals surface area contributed by atoms with Crippen LogP contribution in [0, 0.1) is 0 Å². The smallest absolute Gasteiger partial charge is 0.123 e. The molecule has 14 heavy (non-hydrogen) atoms. The Bertz CT molecular complexity index is 473. The van der Waals surface area contributed by atoms with Crippen molar-refractivity contribution in [3.05, 3.63) is 23.8 Å². The normalized spacial score (nSPS) is 18.1. The fourth-order valence-electron chi connectivity index (χ4n) is 1.49. The third kappa shape index (κ3) is 1.50. The van der Waals surface area contributed by atoms with E-state index >= 15 is 0 Å². The number of fused-ring (bicyclic) bond motifs is 1. The van der Waals surface area contributed by atoms with Gasteiger partial charge in [0.2, 0.25) is 0 Å². The predicted octanol–water partition coefficient (Wildman–Crippen LogP) is 1.71. The molecule has 1 atom stereocenters. The minimum absolute atomic E-state index is 0.729. The fourth-order valence-corrected chi connectivity index (χ4v) is 2.34. The van der Waals surface area contributed by atoms with Gasteiger partial charge in [-0.25, -0.2) is 8.57 Å². The van der Waals surface area contributed by atoms with E-state index in [0.29, 0.717) is 0 Å². The minimum atomic E-state index is -2.22. The summed E-state index contributed by atoms with van der Waals surface area (Å²) in [7, 11) is -0.645. The average Bonchev–Trinajstić information content (AvgIpc) is 2.64. The number of ether oxygens (including phenoxy) is 1. The number of hydrogen-bond donors (Lipinski definition) is 0. The molecule has 4 heteroatoms. The molecule has 0 bridgehead atoms. The van der Waals surface area contributed by atoms with Gasteiger partial charge in [-0.3, -0.25) is 0 Å². The average molecular weight is 211 g/mol. The molecule has 0 spiro atoms. The summed E-state index contributed by atoms with van der Waals surface area (Å²) in [6, 6.07) is 5.70. The van der Waals surface area contributed by atoms with Crippen LogP contribution in [0.5, 0.6) is 5.75 Å². The lowest BCUT2D eigenvalue weighted by atomic mass is 10.2. The number of benzene rings is 1. The van der Waals surface area contributed by atoms with Crippen LogP contribution in [0.15, 0.2) is 27.5 Å². The molecule has 1 unspecified atom stereocenters. The molecule has 1 heterocycles. The SMILES string of the molecule is CN=S(C)(=O)c1ccc2c(c1)OCC2. The summed E-state index contributed by atoms with van der Waals surface area (Å²) in [5, 5.41) is 0. The van der Waals surface area contributed by atoms with Gasteiger partial charge in [0.25, 0.3) is 0 Å². The number of nitrogens with zero attached hydrogens (tertiary/aromatic N) is 1. The van der Waals surface area contributed by atoms with Gasteiger partial charge in [-0.05, 0) is 17.7 Å². The molecule has 0 aromatic heterocycles. The van der Waals surface area contributed by atoms with Crippen molar-refractivity contribution in [1.29, 1.82) is 0 Å². The molecule has 0 saturated heterocycles. The molecule has 0 saturated carbocycles. The molecule has 1 aromatic rings. The van der Waals surface area contributed by atoms with Crippen molar-refractivity contribution in [2.75, 3.05) is 19.9 Å². The second-order valence-corrected chi connectivity index (χ2v) is 5.79. The lowest BCUT2D eigenvalue weighted by Crippen LogP contribution is -1.97. The highest BCUT2D eigenvalue weighted by Gasteiger charge is 2.14. The molecular formula is C10H13NO2S. The zero-order valence-corrected chi connectivity index (χ0v) is 9.13. The van der Waals surface area contributed by atoms with Crippen LogP contribution in [0.4, 0.5) is 0 Å². The molecule has 2 rings (SSSR count). The van der Waals surface area contributed by atoms with Crippen molar-refractivity contribution in [3.63, 3.8) is 0 Å². The summed E-state index contributed by atoms with van der Waals surface area (Å²) >= 11 is 0. The van der Waals surface area contributed by atoms with Gasteiger partial charge in [0.05, 0.1) is 21.2 Å². The minimum Gasteiger partial charge on any atom is -0.493 e. The monoisotopic (exact) mass is 211 g/mol. The second kappa shape index (κ2) is 3.28. The highest BCUT2D eigenvalue weighted by atomic mass is 32.2. The first-order valence-electron chi connectivity index (χ1n) is 4.49. The van der Waals surface area contributed by atoms with Gasteiger partial charge in [-0.1, -0.05) is 6.07 Å². The Kier molecular flexibility index (Phi) is 2.23. The molecule has 0 aliphatic carbocycles. The summed E-state index contributed by atoms with van der Waals surface area (Å²) < 4.78 is 21.2. The van der Waals surface area contributed by atoms with Crippen LogP contribution in [-0.2, 0) is 16.1 Å². The Hall–Kier alpha value is -1.03. The molecule has 0 fully saturated rings. The van der Waals surface area contributed by atoms with Crippen molar-refractivity contribution < 1.29 is 8.95 Å². The van der Waals surface area contributed by atoms with E-state index < -0.39 is 9.73 Å². The molecule has 1 aliphatic heterocycles. The van der Waals surface area contributed by atoms with E-state index in [1.807, 2.05) is 18.2 Å². The van der Waals surface area contributed by atoms with E-state index in [1.165, 1.54) is 5.56 Å². The molecule has 0 amide bonds. The largest absolute Gasteiger partial charge is 0.493 e. The third-order valence-electron chi connectivity index (χ3n) is 2.45. The van der Waals surface area contributed by atoms with E-state index in [0.717, 1.165) is 23.7 Å². The highest BCUT2D eigenvalue weighted by Crippen LogP contribution is 2.28. The lowest BCUT2D eigenvalue weighted by molar-refractivity contribution is 0.356. The van der Waals surface area contributed by atoms with Gasteiger partial charge in [-0.2, -0.15) is 0 Å². The van der Waals surface area contributed by atoms with Gasteiger partial charge in [0.1, 0.15) is 5.75 Å². The first kappa shape index (κ1) is 9.52. The first-order valence-corrected chi connectivity index (χ1v) is 6.42. The summed E-state index contributed by atoms with van der Waals surface area (Å²) in [6.45, 7) is 0.729. The van der Waals surface area contributed by atoms with Gasteiger partial charge < -0.3 is 4.74 Å². The van der Waals surface area contributed by atoms with Crippen LogP contribution in [-0.4, -0.2) is 24.1 Å². The Morgan fingerprint density at radius 2 is 2.29 bits per heavy atom. The van der Waals surface area contributed by atoms with Crippen molar-refractivity contribution in [1.82, 2.24) is 0 Å². The highest BCUT2D eigenvalue weighted by molar-refractivity contribution is 7.93. The standard InChI is InChI=1S/C10H13NO2S/c1-11-14(2,12)9-4-3-8-5-6-13-10(8)7-9/h3-4,7H,5-6H2,1-2H3. The van der Waals surface area contributed by atoms with Gasteiger partial charge in [0, 0.05) is 19.7 Å². The zero-order valence-electron chi connectivity index (χ0n) is 8.32. The maximum atomic E-state index is 11.9. The Balaban J connectivity index is 2.54. The van der Waals surface area contributed by atoms with Gasteiger partial charge in [0.15, 0.2) is 0 Å². The second-order valence-electron chi connectivity index (χ2n) is 3.35. The van der Waals surface area contributed by atoms with E-state index in [1.54, 1.807) is 13.3 Å². The van der Waals surface area contributed by atoms with E-state index in [2.05, 4.69) is 4.36 Å². The van der Waals surface area contributed by atoms with Gasteiger partial charge >= 0.3 is 0 Å². The van der Waals surface area contributed by atoms with Crippen LogP contribution in [0.2, 0.25) is 0 Å². The topological polar surface area (TPSA) is 38.7 Å². The first-order chi connectivity index (χ1) is 6.63. The molecule has 0 radical (unpaired) electrons. The summed E-state index contributed by atoms with van der Waals surface area (Å²) in [6.07, 6.45) is 2.59. The van der Waals surface area contributed by atoms with Crippen LogP contribution < -0.4 is 4.74 Å². The quantitative estimate of drug-likeness (QED) is 0.709. The van der Waals surface area contributed by atoms with Crippen LogP contribution in [0.3, 0.4) is 0 Å². The molecule has 3 nitrogen and oxygen atoms in total. The third-order valence-corrected chi connectivity index (χ3v) is 4.28. The van der Waals surface area contributed by atoms with E-state index in [-0.39, 0.29) is 0 Å². The van der Waals surface area contributed by atoms with Crippen molar-refractivity contribution in [3.8, 4) is 5.75 Å². The summed E-state index contributed by atoms with van der Waals surface area (Å²) in [5.74, 6) is 0.862. The molecule has 0 N–H and O–H groups in total. The molecular weight excluding hydrogens is 198 g/mol. The maximum absolute atomic E-state index is 11.9. The Morgan fingerprint density at radius 3 is 3.00 bits per heavy atom. The van der Waals surface area contributed by atoms with E-state index in [4.69, 9.17) is 4.74 Å². The van der Waals surface area contributed by atoms with Gasteiger partial charge in [-0.15, -0.1) is 0 Å². The number of hydrogen-bond acceptors (Lipinski definition) is 3. The zero-order chi connectivity index (χ0) is 10.2. The summed E-state index contributed by atoms with van der Waals surface area (Å²) in [5.41, 5.74) is 1.19. The van der Waals surface area contributed by atoms with Crippen molar-refractivity contribution in [2.24, 2.45) is 4.36 Å². The number of rotatable bonds is 1. The lowest BCUT2D eigenvalue weighted by Gasteiger charge is -2.05. The molecule has 1 aliphatic rings. The van der Waals surface area contributed by atoms with Crippen LogP contribution in [0.1, 0.15) is 5.56 Å². The van der Waals surface area contributed by atoms with Crippen LogP contribution >= 0.6 is 0 Å². The van der Waals surface area contributed by atoms with Crippen molar-refractivity contribution in [2.45, 2.75) is 11.3 Å². The van der Waals surface area contributed by atoms with Crippen LogP contribution in [0.25, 0.3) is 0 Å².